The van der Waals surface area contributed by atoms with Gasteiger partial charge in [0, 0.05) is 6.07 Å². The fourth-order valence-electron chi connectivity index (χ4n) is 1.01. The van der Waals surface area contributed by atoms with Crippen LogP contribution in [0.2, 0.25) is 10.0 Å². The summed E-state index contributed by atoms with van der Waals surface area (Å²) < 4.78 is 5.03. The molecule has 1 heterocycles. The van der Waals surface area contributed by atoms with Gasteiger partial charge in [0.25, 0.3) is 5.89 Å². The van der Waals surface area contributed by atoms with Gasteiger partial charge in [-0.2, -0.15) is 0 Å². The van der Waals surface area contributed by atoms with Gasteiger partial charge >= 0.3 is 5.24 Å². The summed E-state index contributed by atoms with van der Waals surface area (Å²) in [6, 6.07) is 2.99. The van der Waals surface area contributed by atoms with E-state index in [2.05, 4.69) is 4.98 Å². The Bertz CT molecular complexity index is 482. The van der Waals surface area contributed by atoms with Gasteiger partial charge in [0.05, 0.1) is 10.0 Å². The van der Waals surface area contributed by atoms with Gasteiger partial charge < -0.3 is 4.42 Å². The van der Waals surface area contributed by atoms with Crippen LogP contribution in [0.1, 0.15) is 10.7 Å². The molecule has 1 aromatic heterocycles. The van der Waals surface area contributed by atoms with E-state index in [1.165, 1.54) is 12.1 Å². The largest absolute Gasteiger partial charge is 0.433 e. The summed E-state index contributed by atoms with van der Waals surface area (Å²) in [6.07, 6.45) is 0. The van der Waals surface area contributed by atoms with Crippen LogP contribution < -0.4 is 0 Å². The molecule has 3 nitrogen and oxygen atoms in total. The number of hydrogen-bond acceptors (Lipinski definition) is 3. The van der Waals surface area contributed by atoms with Crippen LogP contribution in [-0.2, 0) is 0 Å². The lowest BCUT2D eigenvalue weighted by Crippen LogP contribution is -1.85. The summed E-state index contributed by atoms with van der Waals surface area (Å²) >= 11 is 16.7. The van der Waals surface area contributed by atoms with Crippen molar-refractivity contribution in [1.82, 2.24) is 4.98 Å². The first-order valence-corrected chi connectivity index (χ1v) is 4.67. The Balaban J connectivity index is 2.72. The summed E-state index contributed by atoms with van der Waals surface area (Å²) in [4.78, 5) is 14.6. The fraction of sp³-hybridized carbons (Fsp3) is 0. The summed E-state index contributed by atoms with van der Waals surface area (Å²) in [5.74, 6) is -0.167. The topological polar surface area (TPSA) is 43.1 Å². The Labute approximate surface area is 93.6 Å². The van der Waals surface area contributed by atoms with E-state index >= 15 is 0 Å². The molecule has 72 valence electrons. The van der Waals surface area contributed by atoms with Gasteiger partial charge in [-0.15, -0.1) is 0 Å². The lowest BCUT2D eigenvalue weighted by Gasteiger charge is -1.91. The second-order valence-corrected chi connectivity index (χ2v) is 3.68. The van der Waals surface area contributed by atoms with Crippen molar-refractivity contribution >= 4 is 51.1 Å². The quantitative estimate of drug-likeness (QED) is 0.727. The summed E-state index contributed by atoms with van der Waals surface area (Å²) in [5, 5.41) is -0.0710. The molecule has 14 heavy (non-hydrogen) atoms. The number of halogens is 3. The van der Waals surface area contributed by atoms with Crippen LogP contribution >= 0.6 is 34.8 Å². The fourth-order valence-corrected chi connectivity index (χ4v) is 1.40. The highest BCUT2D eigenvalue weighted by molar-refractivity contribution is 6.67. The van der Waals surface area contributed by atoms with Crippen LogP contribution in [0.15, 0.2) is 16.5 Å². The first-order valence-electron chi connectivity index (χ1n) is 3.53. The van der Waals surface area contributed by atoms with Gasteiger partial charge in [-0.05, 0) is 17.7 Å². The monoisotopic (exact) mass is 249 g/mol. The average Bonchev–Trinajstić information content (AvgIpc) is 2.48. The molecule has 0 bridgehead atoms. The Kier molecular flexibility index (Phi) is 2.39. The van der Waals surface area contributed by atoms with E-state index in [1.807, 2.05) is 0 Å². The Hall–Kier alpha value is -0.770. The van der Waals surface area contributed by atoms with Crippen molar-refractivity contribution in [3.05, 3.63) is 28.1 Å². The molecule has 0 radical (unpaired) electrons. The van der Waals surface area contributed by atoms with E-state index in [0.29, 0.717) is 21.1 Å². The zero-order valence-corrected chi connectivity index (χ0v) is 8.82. The predicted octanol–water partition coefficient (Wildman–Crippen LogP) is 3.51. The number of carbonyl (C=O) groups excluding carboxylic acids is 1. The minimum absolute atomic E-state index is 0.167. The van der Waals surface area contributed by atoms with E-state index in [0.717, 1.165) is 0 Å². The van der Waals surface area contributed by atoms with Crippen LogP contribution in [0, 0.1) is 0 Å². The Morgan fingerprint density at radius 2 is 1.93 bits per heavy atom. The van der Waals surface area contributed by atoms with Crippen molar-refractivity contribution in [2.24, 2.45) is 0 Å². The normalized spacial score (nSPS) is 10.8. The number of oxazole rings is 1. The lowest BCUT2D eigenvalue weighted by atomic mass is 10.3. The number of rotatable bonds is 1. The van der Waals surface area contributed by atoms with Crippen LogP contribution in [0.4, 0.5) is 0 Å². The molecule has 0 fully saturated rings. The third-order valence-corrected chi connectivity index (χ3v) is 2.48. The van der Waals surface area contributed by atoms with Gasteiger partial charge in [0.15, 0.2) is 5.58 Å². The highest BCUT2D eigenvalue weighted by atomic mass is 35.5. The van der Waals surface area contributed by atoms with Crippen LogP contribution in [-0.4, -0.2) is 10.2 Å². The Morgan fingerprint density at radius 3 is 2.57 bits per heavy atom. The molecule has 1 aromatic carbocycles. The highest BCUT2D eigenvalue weighted by Gasteiger charge is 2.13. The van der Waals surface area contributed by atoms with Crippen molar-refractivity contribution in [2.75, 3.05) is 0 Å². The molecule has 2 aromatic rings. The minimum atomic E-state index is -0.756. The van der Waals surface area contributed by atoms with Gasteiger partial charge in [-0.25, -0.2) is 4.98 Å². The molecular weight excluding hydrogens is 248 g/mol. The lowest BCUT2D eigenvalue weighted by molar-refractivity contribution is 0.105. The Morgan fingerprint density at radius 1 is 1.29 bits per heavy atom. The zero-order valence-electron chi connectivity index (χ0n) is 6.55. The molecular formula is C8H2Cl3NO2. The highest BCUT2D eigenvalue weighted by Crippen LogP contribution is 2.28. The van der Waals surface area contributed by atoms with Crippen LogP contribution in [0.3, 0.4) is 0 Å². The number of fused-ring (bicyclic) bond motifs is 1. The smallest absolute Gasteiger partial charge is 0.307 e. The summed E-state index contributed by atoms with van der Waals surface area (Å²) in [6.45, 7) is 0. The van der Waals surface area contributed by atoms with Gasteiger partial charge in [0.1, 0.15) is 5.52 Å². The van der Waals surface area contributed by atoms with Crippen molar-refractivity contribution in [1.29, 1.82) is 0 Å². The molecule has 0 amide bonds. The second-order valence-electron chi connectivity index (χ2n) is 2.53. The van der Waals surface area contributed by atoms with Crippen molar-refractivity contribution in [3.63, 3.8) is 0 Å². The number of aromatic nitrogens is 1. The second kappa shape index (κ2) is 3.42. The molecule has 0 atom stereocenters. The number of hydrogen-bond donors (Lipinski definition) is 0. The summed E-state index contributed by atoms with van der Waals surface area (Å²) in [5.41, 5.74) is 0.826. The first-order chi connectivity index (χ1) is 6.58. The molecule has 0 saturated heterocycles. The maximum atomic E-state index is 10.7. The van der Waals surface area contributed by atoms with Crippen molar-refractivity contribution in [2.45, 2.75) is 0 Å². The van der Waals surface area contributed by atoms with E-state index in [1.54, 1.807) is 0 Å². The molecule has 0 aliphatic carbocycles. The molecule has 0 N–H and O–H groups in total. The van der Waals surface area contributed by atoms with Gasteiger partial charge in [-0.1, -0.05) is 23.2 Å². The average molecular weight is 250 g/mol. The zero-order chi connectivity index (χ0) is 10.3. The van der Waals surface area contributed by atoms with Crippen LogP contribution in [0.25, 0.3) is 11.1 Å². The third-order valence-electron chi connectivity index (χ3n) is 1.60. The molecule has 0 spiro atoms. The van der Waals surface area contributed by atoms with E-state index in [9.17, 15) is 4.79 Å². The molecule has 0 saturated carbocycles. The summed E-state index contributed by atoms with van der Waals surface area (Å²) in [7, 11) is 0. The maximum Gasteiger partial charge on any atom is 0.307 e. The van der Waals surface area contributed by atoms with Crippen LogP contribution in [0.5, 0.6) is 0 Å². The maximum absolute atomic E-state index is 10.7. The molecule has 6 heteroatoms. The van der Waals surface area contributed by atoms with Gasteiger partial charge in [-0.3, -0.25) is 4.79 Å². The molecule has 2 rings (SSSR count). The van der Waals surface area contributed by atoms with E-state index in [-0.39, 0.29) is 5.89 Å². The van der Waals surface area contributed by atoms with Gasteiger partial charge in [0.2, 0.25) is 0 Å². The third kappa shape index (κ3) is 1.59. The minimum Gasteiger partial charge on any atom is -0.433 e. The molecule has 0 aliphatic heterocycles. The number of carbonyl (C=O) groups is 1. The SMILES string of the molecule is O=C(Cl)c1nc2cc(Cl)c(Cl)cc2o1. The molecule has 0 unspecified atom stereocenters. The number of nitrogens with zero attached hydrogens (tertiary/aromatic N) is 1. The van der Waals surface area contributed by atoms with Crippen molar-refractivity contribution in [3.8, 4) is 0 Å². The van der Waals surface area contributed by atoms with Crippen molar-refractivity contribution < 1.29 is 9.21 Å². The first kappa shape index (κ1) is 9.77. The predicted molar refractivity (Wildman–Crippen MR) is 54.2 cm³/mol. The van der Waals surface area contributed by atoms with E-state index < -0.39 is 5.24 Å². The van der Waals surface area contributed by atoms with E-state index in [4.69, 9.17) is 39.2 Å². The number of benzene rings is 1. The standard InChI is InChI=1S/C8H2Cl3NO2/c9-3-1-5-6(2-4(3)10)14-8(12-5)7(11)13/h1-2H. The molecule has 0 aliphatic rings.